The quantitative estimate of drug-likeness (QED) is 0.808. The number of pyridine rings is 1. The number of rotatable bonds is 5. The van der Waals surface area contributed by atoms with Gasteiger partial charge >= 0.3 is 0 Å². The minimum atomic E-state index is -3.60. The van der Waals surface area contributed by atoms with Gasteiger partial charge in [-0.25, -0.2) is 18.1 Å². The van der Waals surface area contributed by atoms with E-state index in [-0.39, 0.29) is 14.8 Å². The zero-order chi connectivity index (χ0) is 13.4. The van der Waals surface area contributed by atoms with E-state index in [4.69, 9.17) is 11.6 Å². The highest BCUT2D eigenvalue weighted by molar-refractivity contribution is 9.10. The second kappa shape index (κ2) is 5.28. The van der Waals surface area contributed by atoms with Gasteiger partial charge in [0.25, 0.3) is 0 Å². The molecular weight excluding hydrogens is 360 g/mol. The molecule has 1 aliphatic rings. The molecule has 1 fully saturated rings. The van der Waals surface area contributed by atoms with Crippen molar-refractivity contribution in [3.63, 3.8) is 0 Å². The first-order valence-electron chi connectivity index (χ1n) is 5.24. The van der Waals surface area contributed by atoms with Crippen molar-refractivity contribution >= 4 is 49.3 Å². The van der Waals surface area contributed by atoms with Crippen LogP contribution < -0.4 is 4.72 Å². The number of nitrogens with zero attached hydrogens (tertiary/aromatic N) is 1. The number of nitrogens with one attached hydrogen (secondary N) is 1. The van der Waals surface area contributed by atoms with Gasteiger partial charge in [0.2, 0.25) is 10.0 Å². The molecule has 18 heavy (non-hydrogen) atoms. The average molecular weight is 372 g/mol. The Kier molecular flexibility index (Phi) is 4.28. The molecule has 0 unspecified atom stereocenters. The van der Waals surface area contributed by atoms with Gasteiger partial charge in [0.15, 0.2) is 0 Å². The van der Waals surface area contributed by atoms with E-state index >= 15 is 0 Å². The van der Waals surface area contributed by atoms with Crippen LogP contribution in [0.5, 0.6) is 0 Å². The van der Waals surface area contributed by atoms with Gasteiger partial charge in [-0.15, -0.1) is 0 Å². The fourth-order valence-electron chi connectivity index (χ4n) is 1.49. The van der Waals surface area contributed by atoms with Crippen LogP contribution in [-0.2, 0) is 10.0 Å². The molecule has 0 radical (unpaired) electrons. The lowest BCUT2D eigenvalue weighted by atomic mass is 10.4. The van der Waals surface area contributed by atoms with Crippen LogP contribution in [0.1, 0.15) is 12.8 Å². The Bertz CT molecular complexity index is 561. The smallest absolute Gasteiger partial charge is 0.242 e. The topological polar surface area (TPSA) is 59.1 Å². The molecule has 0 aliphatic heterocycles. The third-order valence-electron chi connectivity index (χ3n) is 2.89. The predicted octanol–water partition coefficient (Wildman–Crippen LogP) is 2.67. The van der Waals surface area contributed by atoms with E-state index in [0.717, 1.165) is 12.8 Å². The summed E-state index contributed by atoms with van der Waals surface area (Å²) in [6, 6.07) is 1.45. The number of sulfonamides is 1. The monoisotopic (exact) mass is 370 g/mol. The zero-order valence-electron chi connectivity index (χ0n) is 9.61. The summed E-state index contributed by atoms with van der Waals surface area (Å²) < 4.78 is 27.5. The van der Waals surface area contributed by atoms with Gasteiger partial charge < -0.3 is 0 Å². The molecule has 100 valence electrons. The van der Waals surface area contributed by atoms with E-state index in [1.807, 2.05) is 6.26 Å². The summed E-state index contributed by atoms with van der Waals surface area (Å²) in [6.07, 6.45) is 5.54. The van der Waals surface area contributed by atoms with Gasteiger partial charge in [0, 0.05) is 22.0 Å². The SMILES string of the molecule is CSC1(CNS(=O)(=O)c2cc(Br)cnc2Cl)CC1. The average Bonchev–Trinajstić information content (AvgIpc) is 3.11. The molecule has 1 aromatic rings. The lowest BCUT2D eigenvalue weighted by molar-refractivity contribution is 0.579. The Morgan fingerprint density at radius 1 is 1.61 bits per heavy atom. The number of aromatic nitrogens is 1. The summed E-state index contributed by atoms with van der Waals surface area (Å²) in [6.45, 7) is 0.430. The minimum absolute atomic E-state index is 0.00967. The molecule has 0 saturated heterocycles. The maximum absolute atomic E-state index is 12.1. The number of halogens is 2. The third-order valence-corrected chi connectivity index (χ3v) is 6.57. The lowest BCUT2D eigenvalue weighted by Crippen LogP contribution is -2.32. The van der Waals surface area contributed by atoms with E-state index in [9.17, 15) is 8.42 Å². The highest BCUT2D eigenvalue weighted by Gasteiger charge is 2.42. The summed E-state index contributed by atoms with van der Waals surface area (Å²) in [4.78, 5) is 3.83. The van der Waals surface area contributed by atoms with Crippen LogP contribution in [0.15, 0.2) is 21.6 Å². The van der Waals surface area contributed by atoms with Gasteiger partial charge in [-0.05, 0) is 41.1 Å². The Hall–Kier alpha value is 0.180. The Balaban J connectivity index is 2.18. The second-order valence-corrected chi connectivity index (χ2v) is 8.44. The predicted molar refractivity (Wildman–Crippen MR) is 77.6 cm³/mol. The van der Waals surface area contributed by atoms with E-state index in [0.29, 0.717) is 11.0 Å². The van der Waals surface area contributed by atoms with E-state index in [1.165, 1.54) is 12.3 Å². The second-order valence-electron chi connectivity index (χ2n) is 4.15. The maximum Gasteiger partial charge on any atom is 0.243 e. The highest BCUT2D eigenvalue weighted by Crippen LogP contribution is 2.46. The van der Waals surface area contributed by atoms with Gasteiger partial charge in [-0.3, -0.25) is 0 Å². The van der Waals surface area contributed by atoms with Crippen molar-refractivity contribution in [2.24, 2.45) is 0 Å². The Morgan fingerprint density at radius 3 is 2.83 bits per heavy atom. The van der Waals surface area contributed by atoms with Crippen molar-refractivity contribution in [2.45, 2.75) is 22.5 Å². The largest absolute Gasteiger partial charge is 0.243 e. The molecule has 1 aliphatic carbocycles. The molecule has 0 bridgehead atoms. The summed E-state index contributed by atoms with van der Waals surface area (Å²) in [5.41, 5.74) is 0. The van der Waals surface area contributed by atoms with Gasteiger partial charge in [0.05, 0.1) is 0 Å². The van der Waals surface area contributed by atoms with Crippen molar-refractivity contribution in [2.75, 3.05) is 12.8 Å². The molecule has 0 aromatic carbocycles. The summed E-state index contributed by atoms with van der Waals surface area (Å²) >= 11 is 10.7. The van der Waals surface area contributed by atoms with Crippen molar-refractivity contribution in [1.29, 1.82) is 0 Å². The fraction of sp³-hybridized carbons (Fsp3) is 0.500. The maximum atomic E-state index is 12.1. The molecule has 2 rings (SSSR count). The third kappa shape index (κ3) is 3.19. The van der Waals surface area contributed by atoms with Crippen molar-refractivity contribution in [1.82, 2.24) is 9.71 Å². The molecular formula is C10H12BrClN2O2S2. The normalized spacial score (nSPS) is 17.7. The van der Waals surface area contributed by atoms with Crippen LogP contribution in [0.2, 0.25) is 5.15 Å². The van der Waals surface area contributed by atoms with Gasteiger partial charge in [-0.2, -0.15) is 11.8 Å². The molecule has 1 aromatic heterocycles. The molecule has 1 heterocycles. The van der Waals surface area contributed by atoms with Crippen molar-refractivity contribution in [3.05, 3.63) is 21.9 Å². The molecule has 8 heteroatoms. The lowest BCUT2D eigenvalue weighted by Gasteiger charge is -2.13. The first-order valence-corrected chi connectivity index (χ1v) is 9.12. The van der Waals surface area contributed by atoms with Gasteiger partial charge in [-0.1, -0.05) is 11.6 Å². The fourth-order valence-corrected chi connectivity index (χ4v) is 4.38. The first kappa shape index (κ1) is 14.6. The van der Waals surface area contributed by atoms with E-state index in [1.54, 1.807) is 11.8 Å². The number of hydrogen-bond donors (Lipinski definition) is 1. The molecule has 0 spiro atoms. The van der Waals surface area contributed by atoms with E-state index in [2.05, 4.69) is 25.6 Å². The Labute approximate surface area is 124 Å². The molecule has 4 nitrogen and oxygen atoms in total. The van der Waals surface area contributed by atoms with Crippen LogP contribution in [0, 0.1) is 0 Å². The summed E-state index contributed by atoms with van der Waals surface area (Å²) in [7, 11) is -3.60. The van der Waals surface area contributed by atoms with Crippen molar-refractivity contribution < 1.29 is 8.42 Å². The molecule has 0 atom stereocenters. The van der Waals surface area contributed by atoms with Crippen LogP contribution in [0.4, 0.5) is 0 Å². The summed E-state index contributed by atoms with van der Waals surface area (Å²) in [5.74, 6) is 0. The van der Waals surface area contributed by atoms with E-state index < -0.39 is 10.0 Å². The number of thioether (sulfide) groups is 1. The first-order chi connectivity index (χ1) is 8.38. The zero-order valence-corrected chi connectivity index (χ0v) is 13.6. The molecule has 1 saturated carbocycles. The highest BCUT2D eigenvalue weighted by atomic mass is 79.9. The molecule has 0 amide bonds. The van der Waals surface area contributed by atoms with Crippen LogP contribution in [0.25, 0.3) is 0 Å². The van der Waals surface area contributed by atoms with Crippen LogP contribution in [-0.4, -0.2) is 30.9 Å². The van der Waals surface area contributed by atoms with Crippen LogP contribution >= 0.6 is 39.3 Å². The van der Waals surface area contributed by atoms with Gasteiger partial charge in [0.1, 0.15) is 10.0 Å². The molecule has 1 N–H and O–H groups in total. The van der Waals surface area contributed by atoms with Crippen molar-refractivity contribution in [3.8, 4) is 0 Å². The minimum Gasteiger partial charge on any atom is -0.242 e. The standard InChI is InChI=1S/C10H12BrClN2O2S2/c1-17-10(2-3-10)6-14-18(15,16)8-4-7(11)5-13-9(8)12/h4-5,14H,2-3,6H2,1H3. The number of hydrogen-bond acceptors (Lipinski definition) is 4. The van der Waals surface area contributed by atoms with Crippen LogP contribution in [0.3, 0.4) is 0 Å². The Morgan fingerprint density at radius 2 is 2.28 bits per heavy atom. The summed E-state index contributed by atoms with van der Waals surface area (Å²) in [5, 5.41) is -0.0142.